The Hall–Kier alpha value is -4.26. The number of methoxy groups -OCH3 is 1. The van der Waals surface area contributed by atoms with Crippen molar-refractivity contribution in [3.05, 3.63) is 89.0 Å². The van der Waals surface area contributed by atoms with Crippen molar-refractivity contribution in [2.24, 2.45) is 0 Å². The highest BCUT2D eigenvalue weighted by Crippen LogP contribution is 2.44. The molecular formula is C32H34N2O5. The molecule has 7 heteroatoms. The number of amides is 1. The first-order valence-electron chi connectivity index (χ1n) is 13.2. The number of benzene rings is 3. The van der Waals surface area contributed by atoms with Crippen molar-refractivity contribution in [3.8, 4) is 11.5 Å². The van der Waals surface area contributed by atoms with E-state index in [0.717, 1.165) is 37.2 Å². The number of Topliss-reactive ketones (excluding diaryl/α,β-unsaturated/α-hetero) is 1. The maximum absolute atomic E-state index is 13.6. The normalized spacial score (nSPS) is 19.1. The second-order valence-corrected chi connectivity index (χ2v) is 11.1. The number of phenolic OH excluding ortho intramolecular Hbond substituents is 1. The number of aliphatic hydroxyl groups excluding tert-OH is 1. The lowest BCUT2D eigenvalue weighted by Gasteiger charge is -2.27. The third-order valence-corrected chi connectivity index (χ3v) is 7.55. The van der Waals surface area contributed by atoms with Crippen molar-refractivity contribution < 1.29 is 24.5 Å². The molecule has 0 bridgehead atoms. The van der Waals surface area contributed by atoms with Crippen LogP contribution in [0.25, 0.3) is 5.76 Å². The molecule has 202 valence electrons. The van der Waals surface area contributed by atoms with Crippen LogP contribution in [0.1, 0.15) is 56.3 Å². The SMILES string of the molecule is COc1ccc(C(C)(C)C)cc1/C(O)=C1\C(=O)C(=O)N(c2ccc(N3CCCC3)cc2)C1c1cccc(O)c1. The van der Waals surface area contributed by atoms with E-state index >= 15 is 0 Å². The maximum Gasteiger partial charge on any atom is 0.300 e. The first-order chi connectivity index (χ1) is 18.6. The fraction of sp³-hybridized carbons (Fsp3) is 0.312. The second kappa shape index (κ2) is 10.1. The van der Waals surface area contributed by atoms with Gasteiger partial charge in [-0.25, -0.2) is 0 Å². The summed E-state index contributed by atoms with van der Waals surface area (Å²) in [6.07, 6.45) is 2.29. The lowest BCUT2D eigenvalue weighted by molar-refractivity contribution is -0.132. The second-order valence-electron chi connectivity index (χ2n) is 11.1. The number of aliphatic hydroxyl groups is 1. The van der Waals surface area contributed by atoms with Crippen molar-refractivity contribution >= 4 is 28.8 Å². The number of aromatic hydroxyl groups is 1. The summed E-state index contributed by atoms with van der Waals surface area (Å²) in [6, 6.07) is 18.5. The Morgan fingerprint density at radius 3 is 2.21 bits per heavy atom. The van der Waals surface area contributed by atoms with Crippen LogP contribution < -0.4 is 14.5 Å². The van der Waals surface area contributed by atoms with Gasteiger partial charge in [-0.1, -0.05) is 39.0 Å². The summed E-state index contributed by atoms with van der Waals surface area (Å²) in [5.74, 6) is -1.48. The van der Waals surface area contributed by atoms with Crippen LogP contribution >= 0.6 is 0 Å². The maximum atomic E-state index is 13.6. The Morgan fingerprint density at radius 1 is 0.923 bits per heavy atom. The molecule has 5 rings (SSSR count). The zero-order chi connectivity index (χ0) is 27.9. The van der Waals surface area contributed by atoms with Crippen LogP contribution in [0.3, 0.4) is 0 Å². The van der Waals surface area contributed by atoms with E-state index in [2.05, 4.69) is 25.7 Å². The fourth-order valence-corrected chi connectivity index (χ4v) is 5.41. The molecule has 0 saturated carbocycles. The number of hydrogen-bond acceptors (Lipinski definition) is 6. The largest absolute Gasteiger partial charge is 0.508 e. The molecule has 0 radical (unpaired) electrons. The van der Waals surface area contributed by atoms with Crippen LogP contribution in [0.5, 0.6) is 11.5 Å². The Bertz CT molecular complexity index is 1450. The summed E-state index contributed by atoms with van der Waals surface area (Å²) in [7, 11) is 1.50. The van der Waals surface area contributed by atoms with Crippen molar-refractivity contribution in [3.63, 3.8) is 0 Å². The first-order valence-corrected chi connectivity index (χ1v) is 13.2. The molecule has 2 N–H and O–H groups in total. The Labute approximate surface area is 228 Å². The summed E-state index contributed by atoms with van der Waals surface area (Å²) in [4.78, 5) is 30.9. The monoisotopic (exact) mass is 526 g/mol. The highest BCUT2D eigenvalue weighted by Gasteiger charge is 2.47. The van der Waals surface area contributed by atoms with E-state index in [9.17, 15) is 19.8 Å². The molecule has 2 aliphatic rings. The summed E-state index contributed by atoms with van der Waals surface area (Å²) in [5, 5.41) is 22.0. The van der Waals surface area contributed by atoms with E-state index in [4.69, 9.17) is 4.74 Å². The molecule has 1 unspecified atom stereocenters. The molecule has 2 heterocycles. The summed E-state index contributed by atoms with van der Waals surface area (Å²) >= 11 is 0. The molecule has 3 aromatic rings. The van der Waals surface area contributed by atoms with Gasteiger partial charge in [0.1, 0.15) is 17.3 Å². The molecule has 2 aliphatic heterocycles. The average molecular weight is 527 g/mol. The number of phenols is 1. The molecule has 2 fully saturated rings. The van der Waals surface area contributed by atoms with E-state index in [-0.39, 0.29) is 22.5 Å². The van der Waals surface area contributed by atoms with Crippen LogP contribution in [-0.2, 0) is 15.0 Å². The summed E-state index contributed by atoms with van der Waals surface area (Å²) < 4.78 is 5.54. The van der Waals surface area contributed by atoms with Gasteiger partial charge in [0.05, 0.1) is 24.3 Å². The molecule has 1 atom stereocenters. The number of carbonyl (C=O) groups excluding carboxylic acids is 2. The first kappa shape index (κ1) is 26.4. The zero-order valence-corrected chi connectivity index (χ0v) is 22.8. The van der Waals surface area contributed by atoms with E-state index in [1.807, 2.05) is 30.3 Å². The highest BCUT2D eigenvalue weighted by molar-refractivity contribution is 6.51. The van der Waals surface area contributed by atoms with Gasteiger partial charge in [-0.3, -0.25) is 14.5 Å². The van der Waals surface area contributed by atoms with Gasteiger partial charge in [-0.2, -0.15) is 0 Å². The predicted molar refractivity (Wildman–Crippen MR) is 152 cm³/mol. The van der Waals surface area contributed by atoms with Crippen LogP contribution in [0.2, 0.25) is 0 Å². The van der Waals surface area contributed by atoms with Crippen molar-refractivity contribution in [2.75, 3.05) is 30.0 Å². The van der Waals surface area contributed by atoms with Gasteiger partial charge in [0, 0.05) is 24.5 Å². The van der Waals surface area contributed by atoms with Gasteiger partial charge in [0.15, 0.2) is 0 Å². The topological polar surface area (TPSA) is 90.3 Å². The smallest absolute Gasteiger partial charge is 0.300 e. The van der Waals surface area contributed by atoms with Crippen LogP contribution in [0, 0.1) is 0 Å². The van der Waals surface area contributed by atoms with Gasteiger partial charge in [0.2, 0.25) is 0 Å². The minimum Gasteiger partial charge on any atom is -0.508 e. The minimum atomic E-state index is -0.947. The van der Waals surface area contributed by atoms with E-state index in [1.54, 1.807) is 24.3 Å². The molecule has 2 saturated heterocycles. The Balaban J connectivity index is 1.68. The number of ether oxygens (including phenoxy) is 1. The van der Waals surface area contributed by atoms with Crippen molar-refractivity contribution in [1.82, 2.24) is 0 Å². The third-order valence-electron chi connectivity index (χ3n) is 7.55. The molecular weight excluding hydrogens is 492 g/mol. The van der Waals surface area contributed by atoms with Crippen LogP contribution in [-0.4, -0.2) is 42.1 Å². The predicted octanol–water partition coefficient (Wildman–Crippen LogP) is 5.92. The number of carbonyl (C=O) groups is 2. The Morgan fingerprint density at radius 2 is 1.59 bits per heavy atom. The Kier molecular flexibility index (Phi) is 6.85. The molecule has 39 heavy (non-hydrogen) atoms. The van der Waals surface area contributed by atoms with Gasteiger partial charge in [-0.05, 0) is 77.9 Å². The third kappa shape index (κ3) is 4.85. The lowest BCUT2D eigenvalue weighted by atomic mass is 9.85. The summed E-state index contributed by atoms with van der Waals surface area (Å²) in [6.45, 7) is 8.13. The highest BCUT2D eigenvalue weighted by atomic mass is 16.5. The van der Waals surface area contributed by atoms with Crippen LogP contribution in [0.15, 0.2) is 72.3 Å². The molecule has 7 nitrogen and oxygen atoms in total. The van der Waals surface area contributed by atoms with Gasteiger partial charge in [-0.15, -0.1) is 0 Å². The lowest BCUT2D eigenvalue weighted by Crippen LogP contribution is -2.29. The molecule has 1 amide bonds. The number of ketones is 1. The molecule has 0 spiro atoms. The molecule has 0 aliphatic carbocycles. The van der Waals surface area contributed by atoms with E-state index in [0.29, 0.717) is 22.6 Å². The minimum absolute atomic E-state index is 0.00483. The van der Waals surface area contributed by atoms with Gasteiger partial charge >= 0.3 is 0 Å². The number of hydrogen-bond donors (Lipinski definition) is 2. The zero-order valence-electron chi connectivity index (χ0n) is 22.8. The van der Waals surface area contributed by atoms with Gasteiger partial charge < -0.3 is 19.8 Å². The van der Waals surface area contributed by atoms with Crippen molar-refractivity contribution in [2.45, 2.75) is 45.1 Å². The number of anilines is 2. The molecule has 0 aromatic heterocycles. The molecule has 3 aromatic carbocycles. The van der Waals surface area contributed by atoms with Crippen LogP contribution in [0.4, 0.5) is 11.4 Å². The standard InChI is InChI=1S/C32H34N2O5/c1-32(2,3)21-10-15-26(39-4)25(19-21)29(36)27-28(20-8-7-9-24(35)18-20)34(31(38)30(27)37)23-13-11-22(12-14-23)33-16-5-6-17-33/h7-15,18-19,28,35-36H,5-6,16-17H2,1-4H3/b29-27+. The van der Waals surface area contributed by atoms with E-state index < -0.39 is 17.7 Å². The summed E-state index contributed by atoms with van der Waals surface area (Å²) in [5.41, 5.74) is 3.08. The number of nitrogens with zero attached hydrogens (tertiary/aromatic N) is 2. The van der Waals surface area contributed by atoms with Gasteiger partial charge in [0.25, 0.3) is 11.7 Å². The van der Waals surface area contributed by atoms with E-state index in [1.165, 1.54) is 24.1 Å². The number of rotatable bonds is 5. The average Bonchev–Trinajstić information content (AvgIpc) is 3.55. The van der Waals surface area contributed by atoms with Crippen molar-refractivity contribution in [1.29, 1.82) is 0 Å². The quantitative estimate of drug-likeness (QED) is 0.244. The fourth-order valence-electron chi connectivity index (χ4n) is 5.41.